The highest BCUT2D eigenvalue weighted by Gasteiger charge is 2.16. The van der Waals surface area contributed by atoms with Gasteiger partial charge in [-0.2, -0.15) is 0 Å². The van der Waals surface area contributed by atoms with Crippen molar-refractivity contribution in [1.29, 1.82) is 0 Å². The van der Waals surface area contributed by atoms with E-state index >= 15 is 0 Å². The molecule has 0 spiro atoms. The molecule has 2 aromatic rings. The largest absolute Gasteiger partial charge is 0.483 e. The molecular formula is C15H17N3O4S. The molecule has 0 aliphatic heterocycles. The van der Waals surface area contributed by atoms with Crippen molar-refractivity contribution in [2.75, 3.05) is 11.3 Å². The van der Waals surface area contributed by atoms with Gasteiger partial charge in [-0.1, -0.05) is 18.2 Å². The zero-order valence-electron chi connectivity index (χ0n) is 12.4. The molecular weight excluding hydrogens is 318 g/mol. The average molecular weight is 335 g/mol. The van der Waals surface area contributed by atoms with Crippen molar-refractivity contribution in [3.8, 4) is 5.75 Å². The number of hydrazine groups is 1. The number of sulfonamides is 1. The fourth-order valence-electron chi connectivity index (χ4n) is 1.86. The van der Waals surface area contributed by atoms with Gasteiger partial charge in [-0.15, -0.1) is 0 Å². The van der Waals surface area contributed by atoms with Gasteiger partial charge in [0.15, 0.2) is 6.61 Å². The number of carbonyl (C=O) groups is 1. The van der Waals surface area contributed by atoms with Gasteiger partial charge < -0.3 is 4.74 Å². The second-order valence-electron chi connectivity index (χ2n) is 4.76. The molecule has 0 atom stereocenters. The van der Waals surface area contributed by atoms with Gasteiger partial charge in [-0.25, -0.2) is 14.3 Å². The van der Waals surface area contributed by atoms with Crippen molar-refractivity contribution in [1.82, 2.24) is 5.43 Å². The number of para-hydroxylation sites is 1. The minimum absolute atomic E-state index is 0.106. The number of carbonyl (C=O) groups excluding carboxylic acids is 1. The summed E-state index contributed by atoms with van der Waals surface area (Å²) in [5.41, 5.74) is 3.01. The van der Waals surface area contributed by atoms with Gasteiger partial charge in [-0.05, 0) is 42.8 Å². The van der Waals surface area contributed by atoms with E-state index in [1.54, 1.807) is 37.3 Å². The Kier molecular flexibility index (Phi) is 5.20. The molecule has 0 radical (unpaired) electrons. The molecule has 1 amide bonds. The molecule has 122 valence electrons. The van der Waals surface area contributed by atoms with Crippen LogP contribution >= 0.6 is 0 Å². The van der Waals surface area contributed by atoms with Crippen molar-refractivity contribution in [3.05, 3.63) is 54.1 Å². The molecule has 0 unspecified atom stereocenters. The smallest absolute Gasteiger partial charge is 0.271 e. The normalized spacial score (nSPS) is 10.9. The molecule has 0 bridgehead atoms. The summed E-state index contributed by atoms with van der Waals surface area (Å²) in [5, 5.41) is 0. The van der Waals surface area contributed by atoms with Crippen molar-refractivity contribution in [2.45, 2.75) is 11.8 Å². The third-order valence-electron chi connectivity index (χ3n) is 3.00. The fourth-order valence-corrected chi connectivity index (χ4v) is 3.00. The van der Waals surface area contributed by atoms with Crippen LogP contribution in [0.4, 0.5) is 5.69 Å². The molecule has 2 aromatic carbocycles. The lowest BCUT2D eigenvalue weighted by molar-refractivity contribution is -0.123. The Balaban J connectivity index is 2.17. The van der Waals surface area contributed by atoms with Gasteiger partial charge in [0.1, 0.15) is 5.75 Å². The van der Waals surface area contributed by atoms with Crippen LogP contribution in [0, 0.1) is 6.92 Å². The number of hydrogen-bond donors (Lipinski definition) is 3. The Bertz CT molecular complexity index is 792. The van der Waals surface area contributed by atoms with Gasteiger partial charge in [0.25, 0.3) is 15.9 Å². The first-order valence-electron chi connectivity index (χ1n) is 6.73. The Hall–Kier alpha value is -2.58. The fraction of sp³-hybridized carbons (Fsp3) is 0.133. The highest BCUT2D eigenvalue weighted by molar-refractivity contribution is 7.92. The van der Waals surface area contributed by atoms with E-state index in [0.29, 0.717) is 17.0 Å². The van der Waals surface area contributed by atoms with Crippen LogP contribution < -0.4 is 20.7 Å². The molecule has 0 aromatic heterocycles. The third kappa shape index (κ3) is 4.44. The second kappa shape index (κ2) is 7.12. The second-order valence-corrected chi connectivity index (χ2v) is 6.44. The number of amides is 1. The summed E-state index contributed by atoms with van der Waals surface area (Å²) in [6, 6.07) is 13.0. The molecule has 0 aliphatic rings. The molecule has 4 N–H and O–H groups in total. The molecule has 8 heteroatoms. The Morgan fingerprint density at radius 3 is 2.48 bits per heavy atom. The van der Waals surface area contributed by atoms with Gasteiger partial charge in [-0.3, -0.25) is 14.9 Å². The lowest BCUT2D eigenvalue weighted by Gasteiger charge is -2.11. The highest BCUT2D eigenvalue weighted by atomic mass is 32.2. The van der Waals surface area contributed by atoms with Crippen LogP contribution in [0.5, 0.6) is 5.75 Å². The van der Waals surface area contributed by atoms with E-state index in [0.717, 1.165) is 0 Å². The molecule has 7 nitrogen and oxygen atoms in total. The van der Waals surface area contributed by atoms with E-state index in [1.165, 1.54) is 18.2 Å². The monoisotopic (exact) mass is 335 g/mol. The van der Waals surface area contributed by atoms with Crippen LogP contribution in [0.3, 0.4) is 0 Å². The number of nitrogens with one attached hydrogen (secondary N) is 2. The van der Waals surface area contributed by atoms with Crippen LogP contribution in [-0.2, 0) is 14.8 Å². The van der Waals surface area contributed by atoms with E-state index < -0.39 is 15.9 Å². The number of nitrogens with two attached hydrogens (primary N) is 1. The average Bonchev–Trinajstić information content (AvgIpc) is 2.53. The van der Waals surface area contributed by atoms with Crippen LogP contribution in [-0.4, -0.2) is 20.9 Å². The summed E-state index contributed by atoms with van der Waals surface area (Å²) in [5.74, 6) is 4.89. The zero-order chi connectivity index (χ0) is 16.9. The predicted octanol–water partition coefficient (Wildman–Crippen LogP) is 1.16. The van der Waals surface area contributed by atoms with Crippen LogP contribution in [0.1, 0.15) is 5.56 Å². The Morgan fingerprint density at radius 2 is 1.87 bits per heavy atom. The first-order chi connectivity index (χ1) is 10.9. The van der Waals surface area contributed by atoms with Gasteiger partial charge in [0.2, 0.25) is 0 Å². The number of ether oxygens (including phenoxy) is 1. The summed E-state index contributed by atoms with van der Waals surface area (Å²) in [6.07, 6.45) is 0. The van der Waals surface area contributed by atoms with Crippen LogP contribution in [0.15, 0.2) is 53.4 Å². The maximum atomic E-state index is 12.3. The number of hydrogen-bond acceptors (Lipinski definition) is 5. The van der Waals surface area contributed by atoms with E-state index in [9.17, 15) is 13.2 Å². The molecule has 2 rings (SSSR count). The first-order valence-corrected chi connectivity index (χ1v) is 8.21. The minimum Gasteiger partial charge on any atom is -0.483 e. The molecule has 0 fully saturated rings. The standard InChI is InChI=1S/C15H17N3O4S/c1-11-9-13(7-8-14(11)22-10-15(19)17-16)23(20,21)18-12-5-3-2-4-6-12/h2-9,18H,10,16H2,1H3,(H,17,19). The summed E-state index contributed by atoms with van der Waals surface area (Å²) in [7, 11) is -3.69. The van der Waals surface area contributed by atoms with E-state index in [2.05, 4.69) is 4.72 Å². The number of rotatable bonds is 6. The Labute approximate surface area is 134 Å². The van der Waals surface area contributed by atoms with E-state index in [1.807, 2.05) is 5.43 Å². The maximum Gasteiger partial charge on any atom is 0.271 e. The SMILES string of the molecule is Cc1cc(S(=O)(=O)Nc2ccccc2)ccc1OCC(=O)NN. The number of anilines is 1. The van der Waals surface area contributed by atoms with Gasteiger partial charge >= 0.3 is 0 Å². The van der Waals surface area contributed by atoms with Crippen LogP contribution in [0.25, 0.3) is 0 Å². The maximum absolute atomic E-state index is 12.3. The van der Waals surface area contributed by atoms with Crippen molar-refractivity contribution in [2.24, 2.45) is 5.84 Å². The molecule has 23 heavy (non-hydrogen) atoms. The molecule has 0 heterocycles. The Morgan fingerprint density at radius 1 is 1.17 bits per heavy atom. The summed E-state index contributed by atoms with van der Waals surface area (Å²) >= 11 is 0. The zero-order valence-corrected chi connectivity index (χ0v) is 13.3. The summed E-state index contributed by atoms with van der Waals surface area (Å²) < 4.78 is 32.4. The van der Waals surface area contributed by atoms with Gasteiger partial charge in [0, 0.05) is 5.69 Å². The first kappa shape index (κ1) is 16.8. The minimum atomic E-state index is -3.69. The van der Waals surface area contributed by atoms with Gasteiger partial charge in [0.05, 0.1) is 4.90 Å². The molecule has 0 saturated carbocycles. The van der Waals surface area contributed by atoms with Crippen molar-refractivity contribution < 1.29 is 17.9 Å². The van der Waals surface area contributed by atoms with Crippen molar-refractivity contribution >= 4 is 21.6 Å². The van der Waals surface area contributed by atoms with E-state index in [4.69, 9.17) is 10.6 Å². The lowest BCUT2D eigenvalue weighted by Crippen LogP contribution is -2.34. The van der Waals surface area contributed by atoms with E-state index in [-0.39, 0.29) is 11.5 Å². The summed E-state index contributed by atoms with van der Waals surface area (Å²) in [6.45, 7) is 1.45. The number of aryl methyl sites for hydroxylation is 1. The third-order valence-corrected chi connectivity index (χ3v) is 4.38. The highest BCUT2D eigenvalue weighted by Crippen LogP contribution is 2.23. The quantitative estimate of drug-likeness (QED) is 0.417. The molecule has 0 aliphatic carbocycles. The topological polar surface area (TPSA) is 111 Å². The lowest BCUT2D eigenvalue weighted by atomic mass is 10.2. The number of benzene rings is 2. The van der Waals surface area contributed by atoms with Crippen molar-refractivity contribution in [3.63, 3.8) is 0 Å². The summed E-state index contributed by atoms with van der Waals surface area (Å²) in [4.78, 5) is 11.2. The van der Waals surface area contributed by atoms with Crippen LogP contribution in [0.2, 0.25) is 0 Å². The predicted molar refractivity (Wildman–Crippen MR) is 86.3 cm³/mol. The molecule has 0 saturated heterocycles.